The summed E-state index contributed by atoms with van der Waals surface area (Å²) in [5.41, 5.74) is 0. The number of hydrogen-bond acceptors (Lipinski definition) is 6. The summed E-state index contributed by atoms with van der Waals surface area (Å²) in [5.74, 6) is -0.917. The van der Waals surface area contributed by atoms with E-state index < -0.39 is 6.10 Å². The standard InChI is InChI=1S/C60H102O6/c1-4-7-10-13-16-19-22-25-27-28-29-30-31-32-34-35-38-41-44-47-50-53-59(62)65-56-57(55-64-58(61)52-49-46-43-40-37-24-21-18-15-12-9-6-3)66-60(63)54-51-48-45-42-39-36-33-26-23-20-17-14-11-8-5-2/h7,10,16-21,25-27,29-30,33,57H,4-6,8-9,11-15,22-24,28,31-32,34-56H2,1-3H3/b10-7-,19-16-,20-17-,21-18-,27-25-,30-29-,33-26-. The molecule has 0 aliphatic heterocycles. The zero-order valence-corrected chi connectivity index (χ0v) is 43.2. The van der Waals surface area contributed by atoms with Crippen LogP contribution in [0.15, 0.2) is 85.1 Å². The molecule has 0 N–H and O–H groups in total. The van der Waals surface area contributed by atoms with Crippen molar-refractivity contribution < 1.29 is 28.6 Å². The molecule has 0 fully saturated rings. The molecule has 1 atom stereocenters. The van der Waals surface area contributed by atoms with E-state index in [9.17, 15) is 14.4 Å². The highest BCUT2D eigenvalue weighted by atomic mass is 16.6. The van der Waals surface area contributed by atoms with Crippen LogP contribution in [0, 0.1) is 0 Å². The van der Waals surface area contributed by atoms with Crippen LogP contribution >= 0.6 is 0 Å². The summed E-state index contributed by atoms with van der Waals surface area (Å²) >= 11 is 0. The molecule has 0 aromatic rings. The number of esters is 3. The lowest BCUT2D eigenvalue weighted by molar-refractivity contribution is -0.167. The Kier molecular flexibility index (Phi) is 51.4. The van der Waals surface area contributed by atoms with Crippen molar-refractivity contribution >= 4 is 17.9 Å². The lowest BCUT2D eigenvalue weighted by Gasteiger charge is -2.18. The molecule has 378 valence electrons. The topological polar surface area (TPSA) is 78.9 Å². The Hall–Kier alpha value is -3.41. The smallest absolute Gasteiger partial charge is 0.306 e. The lowest BCUT2D eigenvalue weighted by atomic mass is 10.1. The zero-order chi connectivity index (χ0) is 47.9. The molecule has 0 amide bonds. The van der Waals surface area contributed by atoms with Crippen molar-refractivity contribution in [2.75, 3.05) is 13.2 Å². The summed E-state index contributed by atoms with van der Waals surface area (Å²) in [6.07, 6.45) is 69.9. The van der Waals surface area contributed by atoms with Crippen LogP contribution in [0.3, 0.4) is 0 Å². The van der Waals surface area contributed by atoms with E-state index in [1.54, 1.807) is 0 Å². The maximum atomic E-state index is 12.8. The minimum atomic E-state index is -0.790. The fraction of sp³-hybridized carbons (Fsp3) is 0.717. The molecule has 0 saturated carbocycles. The van der Waals surface area contributed by atoms with Gasteiger partial charge in [0.05, 0.1) is 0 Å². The molecule has 6 heteroatoms. The molecule has 0 heterocycles. The van der Waals surface area contributed by atoms with Gasteiger partial charge in [0.25, 0.3) is 0 Å². The van der Waals surface area contributed by atoms with Crippen LogP contribution in [0.5, 0.6) is 0 Å². The monoisotopic (exact) mass is 919 g/mol. The first-order valence-corrected chi connectivity index (χ1v) is 27.6. The maximum Gasteiger partial charge on any atom is 0.306 e. The molecule has 0 aliphatic rings. The van der Waals surface area contributed by atoms with Crippen molar-refractivity contribution in [3.8, 4) is 0 Å². The maximum absolute atomic E-state index is 12.8. The van der Waals surface area contributed by atoms with Gasteiger partial charge in [-0.15, -0.1) is 0 Å². The van der Waals surface area contributed by atoms with E-state index in [-0.39, 0.29) is 31.1 Å². The lowest BCUT2D eigenvalue weighted by Crippen LogP contribution is -2.30. The highest BCUT2D eigenvalue weighted by Crippen LogP contribution is 2.14. The van der Waals surface area contributed by atoms with Gasteiger partial charge in [0, 0.05) is 19.3 Å². The number of allylic oxidation sites excluding steroid dienone is 14. The van der Waals surface area contributed by atoms with Gasteiger partial charge in [-0.05, 0) is 116 Å². The first-order chi connectivity index (χ1) is 32.5. The summed E-state index contributed by atoms with van der Waals surface area (Å²) in [6, 6.07) is 0. The average Bonchev–Trinajstić information content (AvgIpc) is 3.31. The van der Waals surface area contributed by atoms with E-state index in [2.05, 4.69) is 106 Å². The molecular formula is C60H102O6. The van der Waals surface area contributed by atoms with Crippen molar-refractivity contribution in [2.24, 2.45) is 0 Å². The third kappa shape index (κ3) is 51.6. The quantitative estimate of drug-likeness (QED) is 0.0262. The van der Waals surface area contributed by atoms with E-state index in [0.29, 0.717) is 19.3 Å². The average molecular weight is 919 g/mol. The predicted molar refractivity (Wildman–Crippen MR) is 284 cm³/mol. The van der Waals surface area contributed by atoms with Crippen LogP contribution in [0.2, 0.25) is 0 Å². The number of carbonyl (C=O) groups excluding carboxylic acids is 3. The highest BCUT2D eigenvalue weighted by molar-refractivity contribution is 5.71. The highest BCUT2D eigenvalue weighted by Gasteiger charge is 2.19. The van der Waals surface area contributed by atoms with Gasteiger partial charge in [-0.1, -0.05) is 209 Å². The predicted octanol–water partition coefficient (Wildman–Crippen LogP) is 18.4. The molecule has 6 nitrogen and oxygen atoms in total. The van der Waals surface area contributed by atoms with Crippen LogP contribution in [0.4, 0.5) is 0 Å². The second-order valence-corrected chi connectivity index (χ2v) is 18.1. The number of carbonyl (C=O) groups is 3. The fourth-order valence-electron chi connectivity index (χ4n) is 7.46. The van der Waals surface area contributed by atoms with Crippen molar-refractivity contribution in [1.29, 1.82) is 0 Å². The zero-order valence-electron chi connectivity index (χ0n) is 43.2. The van der Waals surface area contributed by atoms with Crippen LogP contribution in [-0.2, 0) is 28.6 Å². The molecule has 0 aliphatic carbocycles. The Morgan fingerprint density at radius 2 is 0.591 bits per heavy atom. The number of rotatable bonds is 49. The largest absolute Gasteiger partial charge is 0.462 e. The van der Waals surface area contributed by atoms with Crippen molar-refractivity contribution in [1.82, 2.24) is 0 Å². The molecule has 0 aromatic heterocycles. The minimum absolute atomic E-state index is 0.0892. The third-order valence-corrected chi connectivity index (χ3v) is 11.6. The van der Waals surface area contributed by atoms with Gasteiger partial charge >= 0.3 is 17.9 Å². The van der Waals surface area contributed by atoms with Gasteiger partial charge in [0.2, 0.25) is 0 Å². The first kappa shape index (κ1) is 62.6. The fourth-order valence-corrected chi connectivity index (χ4v) is 7.46. The second-order valence-electron chi connectivity index (χ2n) is 18.1. The molecule has 0 rings (SSSR count). The van der Waals surface area contributed by atoms with Gasteiger partial charge in [0.15, 0.2) is 6.10 Å². The molecule has 1 unspecified atom stereocenters. The summed E-state index contributed by atoms with van der Waals surface area (Å²) in [5, 5.41) is 0. The first-order valence-electron chi connectivity index (χ1n) is 27.6. The Labute approximate surface area is 407 Å². The van der Waals surface area contributed by atoms with Gasteiger partial charge in [-0.25, -0.2) is 0 Å². The summed E-state index contributed by atoms with van der Waals surface area (Å²) in [6.45, 7) is 6.45. The molecule has 0 spiro atoms. The number of hydrogen-bond donors (Lipinski definition) is 0. The van der Waals surface area contributed by atoms with Crippen molar-refractivity contribution in [2.45, 2.75) is 264 Å². The second kappa shape index (κ2) is 54.2. The Balaban J connectivity index is 4.38. The summed E-state index contributed by atoms with van der Waals surface area (Å²) < 4.78 is 16.8. The third-order valence-electron chi connectivity index (χ3n) is 11.6. The van der Waals surface area contributed by atoms with Gasteiger partial charge in [-0.2, -0.15) is 0 Å². The molecule has 0 radical (unpaired) electrons. The van der Waals surface area contributed by atoms with E-state index in [1.807, 2.05) is 0 Å². The van der Waals surface area contributed by atoms with E-state index >= 15 is 0 Å². The van der Waals surface area contributed by atoms with Crippen LogP contribution < -0.4 is 0 Å². The van der Waals surface area contributed by atoms with Crippen LogP contribution in [0.25, 0.3) is 0 Å². The Bertz CT molecular complexity index is 1290. The van der Waals surface area contributed by atoms with E-state index in [4.69, 9.17) is 14.2 Å². The Morgan fingerprint density at radius 1 is 0.318 bits per heavy atom. The van der Waals surface area contributed by atoms with Crippen LogP contribution in [0.1, 0.15) is 258 Å². The molecule has 0 aromatic carbocycles. The van der Waals surface area contributed by atoms with Crippen molar-refractivity contribution in [3.63, 3.8) is 0 Å². The van der Waals surface area contributed by atoms with E-state index in [1.165, 1.54) is 96.3 Å². The normalized spacial score (nSPS) is 12.7. The van der Waals surface area contributed by atoms with Crippen LogP contribution in [-0.4, -0.2) is 37.2 Å². The van der Waals surface area contributed by atoms with Gasteiger partial charge in [0.1, 0.15) is 13.2 Å². The van der Waals surface area contributed by atoms with E-state index in [0.717, 1.165) is 122 Å². The molecule has 0 saturated heterocycles. The molecular weight excluding hydrogens is 817 g/mol. The Morgan fingerprint density at radius 3 is 0.939 bits per heavy atom. The summed E-state index contributed by atoms with van der Waals surface area (Å²) in [7, 11) is 0. The van der Waals surface area contributed by atoms with Crippen molar-refractivity contribution in [3.05, 3.63) is 85.1 Å². The molecule has 0 bridgehead atoms. The van der Waals surface area contributed by atoms with Gasteiger partial charge in [-0.3, -0.25) is 14.4 Å². The minimum Gasteiger partial charge on any atom is -0.462 e. The SMILES string of the molecule is CC/C=C\C/C=C\C/C=C\C/C=C\CCCCCCCCCCC(=O)OCC(COC(=O)CCCCCCC/C=C\CCCCC)OC(=O)CCCCCCC/C=C\C/C=C\CCCCC. The number of ether oxygens (including phenoxy) is 3. The summed E-state index contributed by atoms with van der Waals surface area (Å²) in [4.78, 5) is 38.1. The molecule has 66 heavy (non-hydrogen) atoms. The van der Waals surface area contributed by atoms with Gasteiger partial charge < -0.3 is 14.2 Å². The number of unbranched alkanes of at least 4 members (excludes halogenated alkanes) is 24.